The van der Waals surface area contributed by atoms with Gasteiger partial charge < -0.3 is 0 Å². The molecule has 0 amide bonds. The van der Waals surface area contributed by atoms with Gasteiger partial charge in [0, 0.05) is 19.4 Å². The fraction of sp³-hybridized carbons (Fsp3) is 0.263. The zero-order valence-electron chi connectivity index (χ0n) is 13.2. The highest BCUT2D eigenvalue weighted by molar-refractivity contribution is 8.03. The quantitative estimate of drug-likeness (QED) is 0.449. The van der Waals surface area contributed by atoms with Gasteiger partial charge in [0.25, 0.3) is 0 Å². The molecule has 21 heavy (non-hydrogen) atoms. The minimum absolute atomic E-state index is 1.03. The molecule has 0 aliphatic heterocycles. The van der Waals surface area contributed by atoms with Crippen molar-refractivity contribution in [1.82, 2.24) is 0 Å². The number of hydrogen-bond acceptors (Lipinski definition) is 1. The fourth-order valence-corrected chi connectivity index (χ4v) is 4.02. The van der Waals surface area contributed by atoms with Gasteiger partial charge in [0.05, 0.1) is 0 Å². The topological polar surface area (TPSA) is 0 Å². The van der Waals surface area contributed by atoms with Gasteiger partial charge in [0.2, 0.25) is 0 Å². The molecule has 0 heterocycles. The second-order valence-electron chi connectivity index (χ2n) is 6.51. The molecule has 0 aromatic heterocycles. The lowest BCUT2D eigenvalue weighted by Gasteiger charge is -2.15. The molecule has 0 aliphatic carbocycles. The zero-order chi connectivity index (χ0) is 15.1. The van der Waals surface area contributed by atoms with Crippen molar-refractivity contribution in [3.05, 3.63) is 77.2 Å². The Hall–Kier alpha value is -1.25. The highest BCUT2D eigenvalue weighted by Gasteiger charge is 2.12. The molecule has 110 valence electrons. The van der Waals surface area contributed by atoms with Crippen LogP contribution in [0.15, 0.2) is 76.5 Å². The van der Waals surface area contributed by atoms with Crippen LogP contribution in [-0.4, -0.2) is 8.07 Å². The number of hydrogen-bond donors (Lipinski definition) is 0. The van der Waals surface area contributed by atoms with Crippen LogP contribution in [0.3, 0.4) is 0 Å². The first-order chi connectivity index (χ1) is 10.0. The molecule has 0 unspecified atom stereocenters. The van der Waals surface area contributed by atoms with E-state index >= 15 is 0 Å². The first-order valence-electron chi connectivity index (χ1n) is 7.49. The average Bonchev–Trinajstić information content (AvgIpc) is 2.46. The summed E-state index contributed by atoms with van der Waals surface area (Å²) in [5, 5.41) is 0. The third-order valence-electron chi connectivity index (χ3n) is 3.16. The Bertz CT molecular complexity index is 524. The minimum Gasteiger partial charge on any atom is -0.0946 e. The summed E-state index contributed by atoms with van der Waals surface area (Å²) >= 11 is 1.91. The summed E-state index contributed by atoms with van der Waals surface area (Å²) in [4.78, 5) is 2.80. The molecular formula is C19H24SSi. The van der Waals surface area contributed by atoms with Crippen molar-refractivity contribution in [3.63, 3.8) is 0 Å². The van der Waals surface area contributed by atoms with E-state index in [1.54, 1.807) is 0 Å². The first kappa shape index (κ1) is 16.1. The van der Waals surface area contributed by atoms with Gasteiger partial charge in [0.15, 0.2) is 0 Å². The van der Waals surface area contributed by atoms with Crippen molar-refractivity contribution in [2.75, 3.05) is 0 Å². The van der Waals surface area contributed by atoms with Gasteiger partial charge in [-0.1, -0.05) is 86.0 Å². The number of benzene rings is 2. The van der Waals surface area contributed by atoms with Crippen molar-refractivity contribution >= 4 is 19.8 Å². The van der Waals surface area contributed by atoms with Crippen molar-refractivity contribution in [1.29, 1.82) is 0 Å². The van der Waals surface area contributed by atoms with E-state index in [0.29, 0.717) is 0 Å². The number of thioether (sulfide) groups is 1. The lowest BCUT2D eigenvalue weighted by molar-refractivity contribution is 1.23. The maximum atomic E-state index is 2.47. The molecule has 2 heteroatoms. The summed E-state index contributed by atoms with van der Waals surface area (Å²) in [6.45, 7) is 7.28. The normalized spacial score (nSPS) is 12.4. The molecule has 0 radical (unpaired) electrons. The highest BCUT2D eigenvalue weighted by atomic mass is 32.2. The Labute approximate surface area is 134 Å². The van der Waals surface area contributed by atoms with E-state index in [0.717, 1.165) is 6.42 Å². The largest absolute Gasteiger partial charge is 0.0946 e. The lowest BCUT2D eigenvalue weighted by atomic mass is 10.1. The Morgan fingerprint density at radius 1 is 0.905 bits per heavy atom. The summed E-state index contributed by atoms with van der Waals surface area (Å²) in [5.41, 5.74) is 1.39. The second-order valence-corrected chi connectivity index (χ2v) is 13.2. The number of allylic oxidation sites excluding steroid dienone is 2. The van der Waals surface area contributed by atoms with Crippen LogP contribution >= 0.6 is 11.8 Å². The van der Waals surface area contributed by atoms with Crippen LogP contribution in [-0.2, 0) is 6.42 Å². The molecule has 0 bridgehead atoms. The molecule has 0 spiro atoms. The number of rotatable bonds is 6. The smallest absolute Gasteiger partial charge is 0.0480 e. The predicted molar refractivity (Wildman–Crippen MR) is 98.7 cm³/mol. The summed E-state index contributed by atoms with van der Waals surface area (Å²) in [7, 11) is -1.04. The third kappa shape index (κ3) is 6.36. The van der Waals surface area contributed by atoms with E-state index in [9.17, 15) is 0 Å². The summed E-state index contributed by atoms with van der Waals surface area (Å²) in [6, 6.07) is 22.7. The van der Waals surface area contributed by atoms with E-state index < -0.39 is 8.07 Å². The van der Waals surface area contributed by atoms with E-state index in [-0.39, 0.29) is 0 Å². The van der Waals surface area contributed by atoms with Crippen molar-refractivity contribution in [2.24, 2.45) is 0 Å². The van der Waals surface area contributed by atoms with Gasteiger partial charge in [-0.05, 0) is 28.6 Å². The van der Waals surface area contributed by atoms with Gasteiger partial charge >= 0.3 is 0 Å². The molecule has 0 fully saturated rings. The predicted octanol–water partition coefficient (Wildman–Crippen LogP) is 6.24. The molecule has 0 nitrogen and oxygen atoms in total. The molecule has 2 aromatic carbocycles. The van der Waals surface area contributed by atoms with Crippen molar-refractivity contribution in [3.8, 4) is 0 Å². The molecule has 2 aromatic rings. The van der Waals surface area contributed by atoms with Gasteiger partial charge in [0.1, 0.15) is 0 Å². The maximum Gasteiger partial charge on any atom is 0.0480 e. The standard InChI is InChI=1S/C19H24SSi/c1-21(2,3)15-14-19(16-17-10-6-4-7-11-17)20-18-12-8-5-9-13-18/h4-14H,15-16H2,1-3H3/b19-14-. The molecule has 0 saturated heterocycles. The Balaban J connectivity index is 2.14. The Morgan fingerprint density at radius 2 is 1.48 bits per heavy atom. The van der Waals surface area contributed by atoms with Crippen LogP contribution in [0.4, 0.5) is 0 Å². The monoisotopic (exact) mass is 312 g/mol. The first-order valence-corrected chi connectivity index (χ1v) is 12.0. The molecule has 0 aliphatic rings. The van der Waals surface area contributed by atoms with Gasteiger partial charge in [-0.25, -0.2) is 0 Å². The third-order valence-corrected chi connectivity index (χ3v) is 5.67. The van der Waals surface area contributed by atoms with E-state index in [1.807, 2.05) is 11.8 Å². The lowest BCUT2D eigenvalue weighted by Crippen LogP contribution is -2.17. The van der Waals surface area contributed by atoms with Crippen LogP contribution in [0.5, 0.6) is 0 Å². The SMILES string of the molecule is C[Si](C)(C)C/C=C(/Cc1ccccc1)Sc1ccccc1. The molecular weight excluding hydrogens is 288 g/mol. The molecule has 2 rings (SSSR count). The average molecular weight is 313 g/mol. The van der Waals surface area contributed by atoms with Gasteiger partial charge in [-0.3, -0.25) is 0 Å². The Morgan fingerprint density at radius 3 is 2.05 bits per heavy atom. The summed E-state index contributed by atoms with van der Waals surface area (Å²) < 4.78 is 0. The van der Waals surface area contributed by atoms with Crippen LogP contribution in [0.25, 0.3) is 0 Å². The maximum absolute atomic E-state index is 2.47. The van der Waals surface area contributed by atoms with E-state index in [4.69, 9.17) is 0 Å². The van der Waals surface area contributed by atoms with Crippen LogP contribution in [0, 0.1) is 0 Å². The molecule has 0 saturated carbocycles. The van der Waals surface area contributed by atoms with Gasteiger partial charge in [-0.2, -0.15) is 0 Å². The Kier molecular flexibility index (Phi) is 5.89. The molecule has 0 atom stereocenters. The summed E-state index contributed by atoms with van der Waals surface area (Å²) in [6.07, 6.45) is 3.50. The minimum atomic E-state index is -1.04. The second kappa shape index (κ2) is 7.67. The van der Waals surface area contributed by atoms with Crippen LogP contribution < -0.4 is 0 Å². The fourth-order valence-electron chi connectivity index (χ4n) is 2.01. The zero-order valence-corrected chi connectivity index (χ0v) is 15.0. The van der Waals surface area contributed by atoms with Crippen LogP contribution in [0.2, 0.25) is 25.7 Å². The van der Waals surface area contributed by atoms with Gasteiger partial charge in [-0.15, -0.1) is 0 Å². The van der Waals surface area contributed by atoms with Crippen molar-refractivity contribution in [2.45, 2.75) is 37.0 Å². The van der Waals surface area contributed by atoms with E-state index in [1.165, 1.54) is 21.4 Å². The van der Waals surface area contributed by atoms with Crippen LogP contribution in [0.1, 0.15) is 5.56 Å². The molecule has 0 N–H and O–H groups in total. The van der Waals surface area contributed by atoms with E-state index in [2.05, 4.69) is 86.4 Å². The van der Waals surface area contributed by atoms with Crippen molar-refractivity contribution < 1.29 is 0 Å². The summed E-state index contributed by atoms with van der Waals surface area (Å²) in [5.74, 6) is 0. The highest BCUT2D eigenvalue weighted by Crippen LogP contribution is 2.30.